The quantitative estimate of drug-likeness (QED) is 0.805. The molecule has 0 aliphatic heterocycles. The predicted octanol–water partition coefficient (Wildman–Crippen LogP) is 3.25. The topological polar surface area (TPSA) is 45.9 Å². The summed E-state index contributed by atoms with van der Waals surface area (Å²) in [5.74, 6) is -0.339. The maximum Gasteiger partial charge on any atom is 0.573 e. The van der Waals surface area contributed by atoms with Crippen molar-refractivity contribution < 1.29 is 17.9 Å². The van der Waals surface area contributed by atoms with Crippen molar-refractivity contribution >= 4 is 15.9 Å². The number of alkyl halides is 4. The Morgan fingerprint density at radius 1 is 1.53 bits per heavy atom. The van der Waals surface area contributed by atoms with E-state index in [9.17, 15) is 13.2 Å². The molecule has 0 saturated heterocycles. The van der Waals surface area contributed by atoms with Crippen LogP contribution >= 0.6 is 15.9 Å². The summed E-state index contributed by atoms with van der Waals surface area (Å²) in [6, 6.07) is 3.15. The van der Waals surface area contributed by atoms with E-state index in [-0.39, 0.29) is 17.9 Å². The Hall–Kier alpha value is -1.29. The van der Waals surface area contributed by atoms with Crippen LogP contribution in [0.5, 0.6) is 5.75 Å². The number of hydrogen-bond donors (Lipinski definition) is 0. The van der Waals surface area contributed by atoms with E-state index in [1.165, 1.54) is 13.0 Å². The van der Waals surface area contributed by atoms with Crippen molar-refractivity contribution in [1.29, 1.82) is 5.26 Å². The highest BCUT2D eigenvalue weighted by Crippen LogP contribution is 2.28. The minimum atomic E-state index is -4.74. The smallest absolute Gasteiger partial charge is 0.404 e. The molecule has 0 bridgehead atoms. The van der Waals surface area contributed by atoms with E-state index < -0.39 is 6.36 Å². The molecule has 3 nitrogen and oxygen atoms in total. The first-order valence-corrected chi connectivity index (χ1v) is 5.67. The molecular formula is C10H8BrF3N2O. The fraction of sp³-hybridized carbons (Fsp3) is 0.400. The summed E-state index contributed by atoms with van der Waals surface area (Å²) in [7, 11) is 0. The third-order valence-corrected chi connectivity index (χ3v) is 2.56. The van der Waals surface area contributed by atoms with Crippen LogP contribution in [0.3, 0.4) is 0 Å². The first-order valence-electron chi connectivity index (χ1n) is 4.55. The second kappa shape index (κ2) is 5.36. The van der Waals surface area contributed by atoms with Crippen molar-refractivity contribution in [2.45, 2.75) is 25.0 Å². The number of ether oxygens (including phenoxy) is 1. The number of halogens is 4. The van der Waals surface area contributed by atoms with Gasteiger partial charge in [0.1, 0.15) is 0 Å². The molecule has 0 radical (unpaired) electrons. The van der Waals surface area contributed by atoms with Crippen LogP contribution in [0, 0.1) is 18.3 Å². The fourth-order valence-electron chi connectivity index (χ4n) is 1.25. The van der Waals surface area contributed by atoms with Crippen molar-refractivity contribution in [2.75, 3.05) is 0 Å². The van der Waals surface area contributed by atoms with Crippen molar-refractivity contribution in [1.82, 2.24) is 4.98 Å². The monoisotopic (exact) mass is 308 g/mol. The third kappa shape index (κ3) is 3.89. The van der Waals surface area contributed by atoms with Gasteiger partial charge in [0.15, 0.2) is 5.75 Å². The van der Waals surface area contributed by atoms with Gasteiger partial charge in [-0.3, -0.25) is 4.98 Å². The maximum atomic E-state index is 12.1. The van der Waals surface area contributed by atoms with Gasteiger partial charge in [0.2, 0.25) is 0 Å². The molecular weight excluding hydrogens is 301 g/mol. The van der Waals surface area contributed by atoms with Gasteiger partial charge in [0, 0.05) is 5.33 Å². The van der Waals surface area contributed by atoms with E-state index in [0.717, 1.165) is 0 Å². The van der Waals surface area contributed by atoms with E-state index in [2.05, 4.69) is 25.7 Å². The number of pyridine rings is 1. The van der Waals surface area contributed by atoms with E-state index in [1.807, 2.05) is 6.07 Å². The molecule has 0 saturated carbocycles. The average molecular weight is 309 g/mol. The van der Waals surface area contributed by atoms with Crippen LogP contribution in [-0.4, -0.2) is 11.3 Å². The average Bonchev–Trinajstić information content (AvgIpc) is 2.20. The van der Waals surface area contributed by atoms with Gasteiger partial charge in [0.25, 0.3) is 0 Å². The van der Waals surface area contributed by atoms with Gasteiger partial charge in [0.05, 0.1) is 23.9 Å². The SMILES string of the molecule is Cc1nc(CC#N)c(CBr)cc1OC(F)(F)F. The fourth-order valence-corrected chi connectivity index (χ4v) is 1.73. The van der Waals surface area contributed by atoms with Gasteiger partial charge < -0.3 is 4.74 Å². The van der Waals surface area contributed by atoms with Gasteiger partial charge in [-0.2, -0.15) is 5.26 Å². The number of aromatic nitrogens is 1. The summed E-state index contributed by atoms with van der Waals surface area (Å²) in [5.41, 5.74) is 1.07. The predicted molar refractivity (Wildman–Crippen MR) is 57.6 cm³/mol. The molecule has 0 aromatic carbocycles. The summed E-state index contributed by atoms with van der Waals surface area (Å²) in [6.45, 7) is 1.40. The van der Waals surface area contributed by atoms with Crippen LogP contribution in [0.2, 0.25) is 0 Å². The summed E-state index contributed by atoms with van der Waals surface area (Å²) in [5, 5.41) is 8.88. The highest BCUT2D eigenvalue weighted by Gasteiger charge is 2.32. The molecule has 7 heteroatoms. The minimum absolute atomic E-state index is 0.0497. The lowest BCUT2D eigenvalue weighted by atomic mass is 10.1. The number of hydrogen-bond acceptors (Lipinski definition) is 3. The van der Waals surface area contributed by atoms with E-state index in [4.69, 9.17) is 5.26 Å². The Bertz CT molecular complexity index is 454. The zero-order valence-electron chi connectivity index (χ0n) is 8.81. The number of nitriles is 1. The van der Waals surface area contributed by atoms with Crippen LogP contribution in [0.25, 0.3) is 0 Å². The van der Waals surface area contributed by atoms with E-state index >= 15 is 0 Å². The lowest BCUT2D eigenvalue weighted by molar-refractivity contribution is -0.275. The van der Waals surface area contributed by atoms with Gasteiger partial charge in [-0.25, -0.2) is 0 Å². The van der Waals surface area contributed by atoms with Crippen LogP contribution < -0.4 is 4.74 Å². The van der Waals surface area contributed by atoms with Crippen molar-refractivity contribution in [3.63, 3.8) is 0 Å². The maximum absolute atomic E-state index is 12.1. The molecule has 0 spiro atoms. The Kier molecular flexibility index (Phi) is 4.34. The zero-order valence-corrected chi connectivity index (χ0v) is 10.4. The zero-order chi connectivity index (χ0) is 13.1. The lowest BCUT2D eigenvalue weighted by Crippen LogP contribution is -2.18. The largest absolute Gasteiger partial charge is 0.573 e. The standard InChI is InChI=1S/C10H8BrF3N2O/c1-6-9(17-10(12,13)14)4-7(5-11)8(16-6)2-3-15/h4H,2,5H2,1H3. The molecule has 92 valence electrons. The summed E-state index contributed by atoms with van der Waals surface area (Å²) in [4.78, 5) is 3.94. The Morgan fingerprint density at radius 3 is 2.65 bits per heavy atom. The highest BCUT2D eigenvalue weighted by molar-refractivity contribution is 9.08. The summed E-state index contributed by atoms with van der Waals surface area (Å²) in [6.07, 6.45) is -4.69. The molecule has 0 aliphatic carbocycles. The third-order valence-electron chi connectivity index (χ3n) is 1.95. The number of rotatable bonds is 3. The van der Waals surface area contributed by atoms with Crippen molar-refractivity contribution in [2.24, 2.45) is 0 Å². The van der Waals surface area contributed by atoms with Crippen molar-refractivity contribution in [3.05, 3.63) is 23.0 Å². The number of aryl methyl sites for hydroxylation is 1. The molecule has 0 atom stereocenters. The molecule has 1 heterocycles. The molecule has 0 amide bonds. The van der Waals surface area contributed by atoms with Gasteiger partial charge in [-0.05, 0) is 18.6 Å². The van der Waals surface area contributed by atoms with E-state index in [1.54, 1.807) is 0 Å². The van der Waals surface area contributed by atoms with Gasteiger partial charge in [-0.1, -0.05) is 15.9 Å². The van der Waals surface area contributed by atoms with Gasteiger partial charge >= 0.3 is 6.36 Å². The highest BCUT2D eigenvalue weighted by atomic mass is 79.9. The molecule has 1 rings (SSSR count). The Morgan fingerprint density at radius 2 is 2.18 bits per heavy atom. The molecule has 1 aromatic heterocycles. The second-order valence-corrected chi connectivity index (χ2v) is 3.75. The molecule has 0 unspecified atom stereocenters. The Balaban J connectivity index is 3.14. The lowest BCUT2D eigenvalue weighted by Gasteiger charge is -2.13. The normalized spacial score (nSPS) is 11.1. The first-order chi connectivity index (χ1) is 7.87. The Labute approximate surface area is 104 Å². The second-order valence-electron chi connectivity index (χ2n) is 3.19. The van der Waals surface area contributed by atoms with Crippen LogP contribution in [0.4, 0.5) is 13.2 Å². The summed E-state index contributed by atoms with van der Waals surface area (Å²) < 4.78 is 40.1. The molecule has 0 aliphatic rings. The molecule has 0 N–H and O–H groups in total. The molecule has 1 aromatic rings. The van der Waals surface area contributed by atoms with E-state index in [0.29, 0.717) is 16.6 Å². The summed E-state index contributed by atoms with van der Waals surface area (Å²) >= 11 is 3.13. The molecule has 0 fully saturated rings. The van der Waals surface area contributed by atoms with Crippen molar-refractivity contribution in [3.8, 4) is 11.8 Å². The van der Waals surface area contributed by atoms with Crippen LogP contribution in [0.1, 0.15) is 17.0 Å². The van der Waals surface area contributed by atoms with Gasteiger partial charge in [-0.15, -0.1) is 13.2 Å². The molecule has 17 heavy (non-hydrogen) atoms. The first kappa shape index (κ1) is 13.8. The minimum Gasteiger partial charge on any atom is -0.404 e. The van der Waals surface area contributed by atoms with Crippen LogP contribution in [-0.2, 0) is 11.8 Å². The number of nitrogens with zero attached hydrogens (tertiary/aromatic N) is 2. The van der Waals surface area contributed by atoms with Crippen LogP contribution in [0.15, 0.2) is 6.07 Å².